The summed E-state index contributed by atoms with van der Waals surface area (Å²) in [5.74, 6) is 1.41. The topological polar surface area (TPSA) is 62.8 Å². The second-order valence-corrected chi connectivity index (χ2v) is 6.95. The molecule has 3 heterocycles. The van der Waals surface area contributed by atoms with Crippen LogP contribution in [0.25, 0.3) is 10.9 Å². The first kappa shape index (κ1) is 16.9. The normalized spacial score (nSPS) is 15.7. The molecule has 4 rings (SSSR count). The zero-order valence-electron chi connectivity index (χ0n) is 13.3. The summed E-state index contributed by atoms with van der Waals surface area (Å²) in [6, 6.07) is 6.77. The highest BCUT2D eigenvalue weighted by Gasteiger charge is 2.33. The molecule has 0 amide bonds. The van der Waals surface area contributed by atoms with E-state index in [1.807, 2.05) is 0 Å². The van der Waals surface area contributed by atoms with Crippen LogP contribution in [-0.2, 0) is 6.18 Å². The maximum Gasteiger partial charge on any atom is 0.416 e. The van der Waals surface area contributed by atoms with Gasteiger partial charge in [0.15, 0.2) is 5.69 Å². The van der Waals surface area contributed by atoms with Crippen LogP contribution in [0, 0.1) is 0 Å². The molecule has 0 atom stereocenters. The largest absolute Gasteiger partial charge is 0.493 e. The lowest BCUT2D eigenvalue weighted by molar-refractivity contribution is -0.137. The minimum Gasteiger partial charge on any atom is -0.493 e. The van der Waals surface area contributed by atoms with Crippen LogP contribution >= 0.6 is 11.8 Å². The zero-order valence-corrected chi connectivity index (χ0v) is 14.1. The summed E-state index contributed by atoms with van der Waals surface area (Å²) in [6.07, 6.45) is -1.42. The van der Waals surface area contributed by atoms with Crippen LogP contribution in [0.4, 0.5) is 24.5 Å². The fourth-order valence-electron chi connectivity index (χ4n) is 2.82. The Kier molecular flexibility index (Phi) is 4.10. The van der Waals surface area contributed by atoms with E-state index in [1.165, 1.54) is 12.3 Å². The highest BCUT2D eigenvalue weighted by Crippen LogP contribution is 2.46. The highest BCUT2D eigenvalue weighted by atomic mass is 32.2. The molecule has 2 aromatic heterocycles. The molecular formula is C17H13F3N4OS. The summed E-state index contributed by atoms with van der Waals surface area (Å²) < 4.78 is 41.0. The van der Waals surface area contributed by atoms with E-state index in [0.717, 1.165) is 23.6 Å². The Bertz CT molecular complexity index is 981. The van der Waals surface area contributed by atoms with Gasteiger partial charge in [-0.15, -0.1) is 10.2 Å². The molecule has 134 valence electrons. The number of thioether (sulfide) groups is 1. The van der Waals surface area contributed by atoms with Gasteiger partial charge in [0, 0.05) is 23.1 Å². The minimum absolute atomic E-state index is 0.0292. The van der Waals surface area contributed by atoms with Crippen LogP contribution in [0.2, 0.25) is 0 Å². The van der Waals surface area contributed by atoms with Crippen LogP contribution < -0.4 is 0 Å². The third-order valence-electron chi connectivity index (χ3n) is 4.18. The number of aromatic hydroxyl groups is 1. The van der Waals surface area contributed by atoms with Gasteiger partial charge in [-0.1, -0.05) is 0 Å². The molecule has 1 saturated heterocycles. The number of halogens is 3. The molecule has 9 heteroatoms. The zero-order chi connectivity index (χ0) is 18.3. The average molecular weight is 378 g/mol. The number of benzene rings is 1. The summed E-state index contributed by atoms with van der Waals surface area (Å²) >= 11 is 1.71. The van der Waals surface area contributed by atoms with Crippen molar-refractivity contribution in [2.45, 2.75) is 12.2 Å². The quantitative estimate of drug-likeness (QED) is 0.615. The number of azo groups is 1. The number of nitrogens with zero attached hydrogens (tertiary/aromatic N) is 4. The van der Waals surface area contributed by atoms with Gasteiger partial charge in [-0.2, -0.15) is 24.9 Å². The van der Waals surface area contributed by atoms with Crippen molar-refractivity contribution in [3.05, 3.63) is 48.3 Å². The van der Waals surface area contributed by atoms with Crippen molar-refractivity contribution in [1.82, 2.24) is 9.55 Å². The van der Waals surface area contributed by atoms with Gasteiger partial charge in [0.2, 0.25) is 5.88 Å². The fourth-order valence-corrected chi connectivity index (χ4v) is 3.57. The molecule has 3 aromatic rings. The van der Waals surface area contributed by atoms with Crippen molar-refractivity contribution < 1.29 is 18.3 Å². The van der Waals surface area contributed by atoms with Crippen LogP contribution in [0.5, 0.6) is 5.88 Å². The number of fused-ring (bicyclic) bond motifs is 1. The molecule has 0 unspecified atom stereocenters. The van der Waals surface area contributed by atoms with Crippen molar-refractivity contribution in [2.24, 2.45) is 10.2 Å². The van der Waals surface area contributed by atoms with E-state index in [2.05, 4.69) is 15.2 Å². The van der Waals surface area contributed by atoms with Gasteiger partial charge in [-0.05, 0) is 30.3 Å². The fraction of sp³-hybridized carbons (Fsp3) is 0.235. The Labute approximate surface area is 150 Å². The van der Waals surface area contributed by atoms with Gasteiger partial charge >= 0.3 is 6.18 Å². The average Bonchev–Trinajstić information content (AvgIpc) is 2.83. The first-order valence-corrected chi connectivity index (χ1v) is 8.94. The molecular weight excluding hydrogens is 365 g/mol. The molecule has 0 saturated carbocycles. The van der Waals surface area contributed by atoms with Gasteiger partial charge in [0.25, 0.3) is 0 Å². The number of pyridine rings is 1. The predicted molar refractivity (Wildman–Crippen MR) is 93.4 cm³/mol. The van der Waals surface area contributed by atoms with E-state index < -0.39 is 11.7 Å². The van der Waals surface area contributed by atoms with E-state index in [-0.39, 0.29) is 23.0 Å². The lowest BCUT2D eigenvalue weighted by Crippen LogP contribution is -2.22. The van der Waals surface area contributed by atoms with Crippen molar-refractivity contribution in [3.63, 3.8) is 0 Å². The maximum absolute atomic E-state index is 13.1. The van der Waals surface area contributed by atoms with Gasteiger partial charge < -0.3 is 9.67 Å². The predicted octanol–water partition coefficient (Wildman–Crippen LogP) is 5.46. The smallest absolute Gasteiger partial charge is 0.416 e. The summed E-state index contributed by atoms with van der Waals surface area (Å²) in [6.45, 7) is 0. The van der Waals surface area contributed by atoms with Crippen LogP contribution in [0.15, 0.2) is 53.0 Å². The Morgan fingerprint density at radius 1 is 1.19 bits per heavy atom. The number of hydrogen-bond donors (Lipinski definition) is 1. The summed E-state index contributed by atoms with van der Waals surface area (Å²) in [4.78, 5) is 3.91. The molecule has 1 aliphatic heterocycles. The number of rotatable bonds is 3. The summed E-state index contributed by atoms with van der Waals surface area (Å²) in [5.41, 5.74) is 0.203. The number of alkyl halides is 3. The molecule has 1 fully saturated rings. The molecule has 5 nitrogen and oxygen atoms in total. The van der Waals surface area contributed by atoms with Crippen LogP contribution in [-0.4, -0.2) is 26.2 Å². The molecule has 0 spiro atoms. The van der Waals surface area contributed by atoms with Crippen molar-refractivity contribution in [1.29, 1.82) is 0 Å². The first-order valence-electron chi connectivity index (χ1n) is 7.79. The highest BCUT2D eigenvalue weighted by molar-refractivity contribution is 8.00. The Morgan fingerprint density at radius 2 is 2.00 bits per heavy atom. The maximum atomic E-state index is 13.1. The number of hydrogen-bond acceptors (Lipinski definition) is 5. The Hall–Kier alpha value is -2.55. The molecule has 0 radical (unpaired) electrons. The molecule has 0 bridgehead atoms. The van der Waals surface area contributed by atoms with Crippen LogP contribution in [0.1, 0.15) is 11.6 Å². The minimum atomic E-state index is -4.48. The van der Waals surface area contributed by atoms with Crippen molar-refractivity contribution in [2.75, 3.05) is 11.5 Å². The van der Waals surface area contributed by atoms with E-state index >= 15 is 0 Å². The van der Waals surface area contributed by atoms with E-state index in [9.17, 15) is 18.3 Å². The lowest BCUT2D eigenvalue weighted by atomic mass is 10.1. The summed E-state index contributed by atoms with van der Waals surface area (Å²) in [5, 5.41) is 18.9. The molecule has 1 aliphatic rings. The Balaban J connectivity index is 1.88. The summed E-state index contributed by atoms with van der Waals surface area (Å²) in [7, 11) is 0. The second kappa shape index (κ2) is 6.31. The van der Waals surface area contributed by atoms with E-state index in [0.29, 0.717) is 11.2 Å². The van der Waals surface area contributed by atoms with E-state index in [1.54, 1.807) is 34.7 Å². The van der Waals surface area contributed by atoms with Crippen LogP contribution in [0.3, 0.4) is 0 Å². The molecule has 26 heavy (non-hydrogen) atoms. The molecule has 0 aliphatic carbocycles. The molecule has 1 N–H and O–H groups in total. The van der Waals surface area contributed by atoms with Gasteiger partial charge in [-0.25, -0.2) is 0 Å². The second-order valence-electron chi connectivity index (χ2n) is 5.87. The van der Waals surface area contributed by atoms with Gasteiger partial charge in [0.1, 0.15) is 5.69 Å². The van der Waals surface area contributed by atoms with Gasteiger partial charge in [0.05, 0.1) is 23.3 Å². The van der Waals surface area contributed by atoms with Gasteiger partial charge in [-0.3, -0.25) is 4.98 Å². The van der Waals surface area contributed by atoms with Crippen molar-refractivity contribution in [3.8, 4) is 5.88 Å². The Morgan fingerprint density at radius 3 is 2.62 bits per heavy atom. The number of aromatic nitrogens is 2. The third-order valence-corrected chi connectivity index (χ3v) is 5.42. The van der Waals surface area contributed by atoms with Crippen molar-refractivity contribution >= 4 is 34.0 Å². The van der Waals surface area contributed by atoms with E-state index in [4.69, 9.17) is 0 Å². The SMILES string of the molecule is Oc1c(N=Nc2cccnc2)c2cc(C(F)(F)F)ccc2n1C1CSC1. The standard InChI is InChI=1S/C17H13F3N4OS/c18-17(19,20)10-3-4-14-13(6-10)15(16(25)24(14)12-8-26-9-12)23-22-11-2-1-5-21-7-11/h1-7,12,25H,8-9H2. The lowest BCUT2D eigenvalue weighted by Gasteiger charge is -2.27. The third kappa shape index (κ3) is 2.92. The first-order chi connectivity index (χ1) is 12.4. The monoisotopic (exact) mass is 378 g/mol. The molecule has 1 aromatic carbocycles.